The molecule has 7 nitrogen and oxygen atoms in total. The molecule has 31 heavy (non-hydrogen) atoms. The molecule has 0 radical (unpaired) electrons. The van der Waals surface area contributed by atoms with Gasteiger partial charge in [0, 0.05) is 24.8 Å². The van der Waals surface area contributed by atoms with Gasteiger partial charge in [0.2, 0.25) is 0 Å². The van der Waals surface area contributed by atoms with Crippen molar-refractivity contribution in [2.75, 3.05) is 18.8 Å². The number of hydrogen-bond donors (Lipinski definition) is 2. The first-order valence-corrected chi connectivity index (χ1v) is 10.2. The fourth-order valence-electron chi connectivity index (χ4n) is 4.44. The average molecular weight is 411 g/mol. The van der Waals surface area contributed by atoms with Crippen molar-refractivity contribution in [2.24, 2.45) is 0 Å². The number of hydrogen-bond acceptors (Lipinski definition) is 4. The van der Waals surface area contributed by atoms with Gasteiger partial charge in [0.1, 0.15) is 5.52 Å². The van der Waals surface area contributed by atoms with Gasteiger partial charge in [0.05, 0.1) is 11.4 Å². The Labute approximate surface area is 178 Å². The monoisotopic (exact) mass is 411 g/mol. The van der Waals surface area contributed by atoms with E-state index in [1.807, 2.05) is 29.0 Å². The van der Waals surface area contributed by atoms with E-state index in [2.05, 4.69) is 46.3 Å². The molecule has 154 valence electrons. The molecule has 3 heterocycles. The number of aromatic nitrogens is 3. The second-order valence-electron chi connectivity index (χ2n) is 7.74. The van der Waals surface area contributed by atoms with Crippen LogP contribution in [0.5, 0.6) is 0 Å². The van der Waals surface area contributed by atoms with E-state index in [4.69, 9.17) is 5.73 Å². The number of likely N-dealkylation sites (tertiary alicyclic amines) is 1. The van der Waals surface area contributed by atoms with Crippen LogP contribution in [0.4, 0.5) is 5.82 Å². The Balaban J connectivity index is 1.67. The molecule has 7 heteroatoms. The highest BCUT2D eigenvalue weighted by Gasteiger charge is 2.29. The van der Waals surface area contributed by atoms with Gasteiger partial charge in [0.15, 0.2) is 5.82 Å². The van der Waals surface area contributed by atoms with Gasteiger partial charge >= 0.3 is 0 Å². The van der Waals surface area contributed by atoms with Crippen LogP contribution >= 0.6 is 0 Å². The van der Waals surface area contributed by atoms with E-state index in [1.165, 1.54) is 0 Å². The van der Waals surface area contributed by atoms with E-state index in [0.29, 0.717) is 24.0 Å². The fraction of sp³-hybridized carbons (Fsp3) is 0.208. The molecule has 1 aliphatic rings. The number of nitrogens with two attached hydrogens (primary N) is 1. The summed E-state index contributed by atoms with van der Waals surface area (Å²) >= 11 is 0. The standard InChI is InChI=1S/C24H21N5O2/c1-2-5-20(30)28-11-10-18(13-28)29-14-19(21-22(29)24(31)27-26-23(21)25)17-9-8-15-6-3-4-7-16(15)12-17/h3-4,6-9,12,14,18H,10-11,13H2,1H3,(H2,25,26)(H,27,31)/t18-/m0/s1. The highest BCUT2D eigenvalue weighted by atomic mass is 16.2. The predicted molar refractivity (Wildman–Crippen MR) is 121 cm³/mol. The number of nitrogens with one attached hydrogen (secondary N) is 1. The van der Waals surface area contributed by atoms with Crippen molar-refractivity contribution >= 4 is 33.4 Å². The van der Waals surface area contributed by atoms with Gasteiger partial charge in [-0.3, -0.25) is 9.59 Å². The summed E-state index contributed by atoms with van der Waals surface area (Å²) in [7, 11) is 0. The molecule has 0 saturated carbocycles. The van der Waals surface area contributed by atoms with E-state index < -0.39 is 0 Å². The first kappa shape index (κ1) is 18.9. The summed E-state index contributed by atoms with van der Waals surface area (Å²) in [5.41, 5.74) is 8.23. The summed E-state index contributed by atoms with van der Waals surface area (Å²) < 4.78 is 1.95. The number of carbonyl (C=O) groups is 1. The SMILES string of the molecule is CC#CC(=O)N1CC[C@H](n2cc(-c3ccc4ccccc4c3)c3c(N)n[nH]c(=O)c32)C1. The Morgan fingerprint density at radius 2 is 2.03 bits per heavy atom. The minimum absolute atomic E-state index is 0.0396. The van der Waals surface area contributed by atoms with Gasteiger partial charge in [0.25, 0.3) is 11.5 Å². The van der Waals surface area contributed by atoms with Gasteiger partial charge < -0.3 is 15.2 Å². The van der Waals surface area contributed by atoms with Crippen LogP contribution in [0.15, 0.2) is 53.5 Å². The Hall–Kier alpha value is -4.05. The van der Waals surface area contributed by atoms with Gasteiger partial charge in [-0.2, -0.15) is 5.10 Å². The number of benzene rings is 2. The zero-order chi connectivity index (χ0) is 21.5. The topological polar surface area (TPSA) is 97.0 Å². The third-order valence-corrected chi connectivity index (χ3v) is 5.92. The molecule has 2 aromatic carbocycles. The minimum Gasteiger partial charge on any atom is -0.382 e. The fourth-order valence-corrected chi connectivity index (χ4v) is 4.44. The Morgan fingerprint density at radius 1 is 1.23 bits per heavy atom. The van der Waals surface area contributed by atoms with Crippen molar-refractivity contribution in [3.05, 3.63) is 59.0 Å². The molecule has 1 aliphatic heterocycles. The summed E-state index contributed by atoms with van der Waals surface area (Å²) in [5, 5.41) is 9.39. The van der Waals surface area contributed by atoms with Crippen molar-refractivity contribution in [1.82, 2.24) is 19.7 Å². The molecule has 5 rings (SSSR count). The molecule has 2 aromatic heterocycles. The zero-order valence-corrected chi connectivity index (χ0v) is 17.1. The van der Waals surface area contributed by atoms with Crippen LogP contribution in [0.1, 0.15) is 19.4 Å². The smallest absolute Gasteiger partial charge is 0.298 e. The lowest BCUT2D eigenvalue weighted by Crippen LogP contribution is -2.28. The lowest BCUT2D eigenvalue weighted by Gasteiger charge is -2.15. The second-order valence-corrected chi connectivity index (χ2v) is 7.74. The summed E-state index contributed by atoms with van der Waals surface area (Å²) in [5.74, 6) is 5.34. The molecular weight excluding hydrogens is 390 g/mol. The van der Waals surface area contributed by atoms with Crippen molar-refractivity contribution in [3.63, 3.8) is 0 Å². The quantitative estimate of drug-likeness (QED) is 0.496. The molecular formula is C24H21N5O2. The van der Waals surface area contributed by atoms with Crippen LogP contribution in [0.3, 0.4) is 0 Å². The van der Waals surface area contributed by atoms with Crippen LogP contribution in [0.2, 0.25) is 0 Å². The van der Waals surface area contributed by atoms with Crippen LogP contribution in [-0.4, -0.2) is 38.7 Å². The number of carbonyl (C=O) groups excluding carboxylic acids is 1. The summed E-state index contributed by atoms with van der Waals surface area (Å²) in [4.78, 5) is 26.7. The van der Waals surface area contributed by atoms with Gasteiger partial charge in [-0.25, -0.2) is 5.10 Å². The molecule has 1 saturated heterocycles. The van der Waals surface area contributed by atoms with E-state index in [1.54, 1.807) is 11.8 Å². The van der Waals surface area contributed by atoms with Crippen molar-refractivity contribution in [1.29, 1.82) is 0 Å². The van der Waals surface area contributed by atoms with Crippen molar-refractivity contribution < 1.29 is 4.79 Å². The summed E-state index contributed by atoms with van der Waals surface area (Å²) in [6, 6.07) is 14.3. The number of aromatic amines is 1. The molecule has 1 fully saturated rings. The minimum atomic E-state index is -0.297. The third-order valence-electron chi connectivity index (χ3n) is 5.92. The molecule has 4 aromatic rings. The van der Waals surface area contributed by atoms with Crippen LogP contribution in [-0.2, 0) is 4.79 Å². The van der Waals surface area contributed by atoms with Gasteiger partial charge in [-0.05, 0) is 41.7 Å². The summed E-state index contributed by atoms with van der Waals surface area (Å²) in [6.45, 7) is 2.74. The maximum absolute atomic E-state index is 12.8. The zero-order valence-electron chi connectivity index (χ0n) is 17.1. The van der Waals surface area contributed by atoms with Crippen molar-refractivity contribution in [2.45, 2.75) is 19.4 Å². The number of anilines is 1. The Kier molecular flexibility index (Phi) is 4.48. The van der Waals surface area contributed by atoms with Crippen LogP contribution in [0.25, 0.3) is 32.8 Å². The largest absolute Gasteiger partial charge is 0.382 e. The van der Waals surface area contributed by atoms with E-state index in [0.717, 1.165) is 28.3 Å². The van der Waals surface area contributed by atoms with E-state index >= 15 is 0 Å². The molecule has 0 spiro atoms. The molecule has 0 aliphatic carbocycles. The third kappa shape index (κ3) is 3.13. The number of amides is 1. The first-order valence-electron chi connectivity index (χ1n) is 10.2. The van der Waals surface area contributed by atoms with E-state index in [9.17, 15) is 9.59 Å². The lowest BCUT2D eigenvalue weighted by molar-refractivity contribution is -0.124. The lowest BCUT2D eigenvalue weighted by atomic mass is 10.0. The average Bonchev–Trinajstić information content (AvgIpc) is 3.42. The number of rotatable bonds is 2. The first-order chi connectivity index (χ1) is 15.1. The van der Waals surface area contributed by atoms with E-state index in [-0.39, 0.29) is 23.3 Å². The molecule has 0 bridgehead atoms. The van der Waals surface area contributed by atoms with Crippen LogP contribution in [0, 0.1) is 11.8 Å². The maximum atomic E-state index is 12.8. The summed E-state index contributed by atoms with van der Waals surface area (Å²) in [6.07, 6.45) is 2.70. The number of fused-ring (bicyclic) bond motifs is 2. The van der Waals surface area contributed by atoms with Crippen LogP contribution < -0.4 is 11.3 Å². The predicted octanol–water partition coefficient (Wildman–Crippen LogP) is 2.92. The molecule has 1 atom stereocenters. The highest BCUT2D eigenvalue weighted by Crippen LogP contribution is 2.36. The second kappa shape index (κ2) is 7.33. The maximum Gasteiger partial charge on any atom is 0.298 e. The molecule has 3 N–H and O–H groups in total. The highest BCUT2D eigenvalue weighted by molar-refractivity contribution is 6.03. The number of H-pyrrole nitrogens is 1. The van der Waals surface area contributed by atoms with Gasteiger partial charge in [-0.15, -0.1) is 0 Å². The van der Waals surface area contributed by atoms with Gasteiger partial charge in [-0.1, -0.05) is 42.3 Å². The van der Waals surface area contributed by atoms with Crippen molar-refractivity contribution in [3.8, 4) is 23.0 Å². The Morgan fingerprint density at radius 3 is 2.84 bits per heavy atom. The Bertz CT molecular complexity index is 1450. The molecule has 0 unspecified atom stereocenters. The molecule has 1 amide bonds. The normalized spacial score (nSPS) is 15.9. The number of nitrogens with zero attached hydrogens (tertiary/aromatic N) is 3. The number of nitrogen functional groups attached to an aromatic ring is 1.